The molecule has 1 atom stereocenters. The highest BCUT2D eigenvalue weighted by atomic mass is 16.3. The number of azo groups is 1. The van der Waals surface area contributed by atoms with Crippen molar-refractivity contribution in [3.05, 3.63) is 57.2 Å². The van der Waals surface area contributed by atoms with Gasteiger partial charge in [0.15, 0.2) is 0 Å². The topological polar surface area (TPSA) is 95.1 Å². The van der Waals surface area contributed by atoms with Crippen LogP contribution in [0.5, 0.6) is 5.88 Å². The molecule has 1 aromatic carbocycles. The second-order valence-corrected chi connectivity index (χ2v) is 5.55. The van der Waals surface area contributed by atoms with Crippen molar-refractivity contribution in [2.75, 3.05) is 0 Å². The maximum Gasteiger partial charge on any atom is 0.260 e. The lowest BCUT2D eigenvalue weighted by Gasteiger charge is -2.18. The number of benzene rings is 1. The van der Waals surface area contributed by atoms with Gasteiger partial charge in [-0.15, -0.1) is 5.11 Å². The van der Waals surface area contributed by atoms with E-state index < -0.39 is 5.56 Å². The summed E-state index contributed by atoms with van der Waals surface area (Å²) in [5.74, 6) is -0.304. The van der Waals surface area contributed by atoms with Gasteiger partial charge in [0.2, 0.25) is 5.88 Å². The van der Waals surface area contributed by atoms with Gasteiger partial charge >= 0.3 is 0 Å². The first kappa shape index (κ1) is 17.9. The highest BCUT2D eigenvalue weighted by Gasteiger charge is 2.21. The Hall–Kier alpha value is -3.45. The minimum absolute atomic E-state index is 0.0770. The summed E-state index contributed by atoms with van der Waals surface area (Å²) in [5, 5.41) is 27.4. The van der Waals surface area contributed by atoms with Gasteiger partial charge < -0.3 is 5.11 Å². The standard InChI is InChI=1S/C18H17N5O2/c1-5-11(2)23-17(24)15(20-4)12(3)16(18(23)25)22-21-14-8-6-13(10-19)7-9-14/h6-9,11,25H,5H2,1-3H3/b22-21+. The first-order valence-electron chi connectivity index (χ1n) is 7.72. The van der Waals surface area contributed by atoms with Crippen LogP contribution in [0.4, 0.5) is 17.1 Å². The van der Waals surface area contributed by atoms with E-state index in [0.717, 1.165) is 0 Å². The van der Waals surface area contributed by atoms with Crippen LogP contribution in [0.3, 0.4) is 0 Å². The number of aromatic hydroxyl groups is 1. The van der Waals surface area contributed by atoms with Crippen LogP contribution in [0.25, 0.3) is 4.85 Å². The Morgan fingerprint density at radius 2 is 2.00 bits per heavy atom. The van der Waals surface area contributed by atoms with Gasteiger partial charge in [-0.25, -0.2) is 4.85 Å². The van der Waals surface area contributed by atoms with E-state index in [1.807, 2.05) is 13.0 Å². The van der Waals surface area contributed by atoms with Crippen molar-refractivity contribution in [2.24, 2.45) is 10.2 Å². The third-order valence-corrected chi connectivity index (χ3v) is 3.98. The van der Waals surface area contributed by atoms with E-state index in [2.05, 4.69) is 15.1 Å². The average molecular weight is 335 g/mol. The van der Waals surface area contributed by atoms with Gasteiger partial charge in [0.1, 0.15) is 5.69 Å². The van der Waals surface area contributed by atoms with Crippen molar-refractivity contribution >= 4 is 17.1 Å². The molecule has 0 amide bonds. The van der Waals surface area contributed by atoms with Gasteiger partial charge in [-0.2, -0.15) is 10.4 Å². The third-order valence-electron chi connectivity index (χ3n) is 3.98. The zero-order valence-electron chi connectivity index (χ0n) is 14.2. The van der Waals surface area contributed by atoms with Gasteiger partial charge in [-0.3, -0.25) is 9.36 Å². The van der Waals surface area contributed by atoms with Crippen LogP contribution in [-0.2, 0) is 0 Å². The molecule has 126 valence electrons. The lowest BCUT2D eigenvalue weighted by Crippen LogP contribution is -2.23. The van der Waals surface area contributed by atoms with Crippen molar-refractivity contribution in [2.45, 2.75) is 33.2 Å². The third kappa shape index (κ3) is 3.41. The Balaban J connectivity index is 2.60. The Morgan fingerprint density at radius 1 is 1.36 bits per heavy atom. The fraction of sp³-hybridized carbons (Fsp3) is 0.278. The molecule has 0 spiro atoms. The first-order chi connectivity index (χ1) is 11.9. The predicted molar refractivity (Wildman–Crippen MR) is 93.7 cm³/mol. The molecule has 0 aliphatic rings. The highest BCUT2D eigenvalue weighted by molar-refractivity contribution is 5.66. The first-order valence-corrected chi connectivity index (χ1v) is 7.72. The minimum Gasteiger partial charge on any atom is -0.493 e. The Bertz CT molecular complexity index is 959. The normalized spacial score (nSPS) is 11.9. The zero-order valence-corrected chi connectivity index (χ0v) is 14.2. The Morgan fingerprint density at radius 3 is 2.52 bits per heavy atom. The summed E-state index contributed by atoms with van der Waals surface area (Å²) < 4.78 is 1.17. The van der Waals surface area contributed by atoms with E-state index in [1.165, 1.54) is 4.57 Å². The number of rotatable bonds is 4. The molecule has 0 saturated heterocycles. The van der Waals surface area contributed by atoms with Gasteiger partial charge in [0, 0.05) is 6.04 Å². The Labute approximate surface area is 145 Å². The summed E-state index contributed by atoms with van der Waals surface area (Å²) in [6, 6.07) is 8.18. The van der Waals surface area contributed by atoms with Crippen molar-refractivity contribution < 1.29 is 5.11 Å². The summed E-state index contributed by atoms with van der Waals surface area (Å²) in [4.78, 5) is 15.7. The second-order valence-electron chi connectivity index (χ2n) is 5.55. The van der Waals surface area contributed by atoms with Gasteiger partial charge in [-0.05, 0) is 50.1 Å². The van der Waals surface area contributed by atoms with Gasteiger partial charge in [0.05, 0.1) is 23.9 Å². The molecule has 7 heteroatoms. The monoisotopic (exact) mass is 335 g/mol. The van der Waals surface area contributed by atoms with Crippen LogP contribution in [0.2, 0.25) is 0 Å². The molecule has 0 saturated carbocycles. The van der Waals surface area contributed by atoms with Crippen molar-refractivity contribution in [3.8, 4) is 11.9 Å². The fourth-order valence-electron chi connectivity index (χ4n) is 2.32. The molecule has 0 radical (unpaired) electrons. The van der Waals surface area contributed by atoms with Crippen LogP contribution >= 0.6 is 0 Å². The molecule has 0 aliphatic heterocycles. The molecule has 1 unspecified atom stereocenters. The lowest BCUT2D eigenvalue weighted by molar-refractivity contribution is 0.375. The van der Waals surface area contributed by atoms with E-state index in [4.69, 9.17) is 11.8 Å². The molecule has 25 heavy (non-hydrogen) atoms. The SMILES string of the molecule is [C-]#[N+]c1c(C)c(/N=N/c2ccc(C#N)cc2)c(O)n(C(C)CC)c1=O. The van der Waals surface area contributed by atoms with Crippen LogP contribution in [0.1, 0.15) is 37.4 Å². The predicted octanol–water partition coefficient (Wildman–Crippen LogP) is 4.67. The number of pyridine rings is 1. The molecule has 0 bridgehead atoms. The van der Waals surface area contributed by atoms with E-state index in [9.17, 15) is 9.90 Å². The number of hydrogen-bond acceptors (Lipinski definition) is 5. The summed E-state index contributed by atoms with van der Waals surface area (Å²) >= 11 is 0. The summed E-state index contributed by atoms with van der Waals surface area (Å²) in [7, 11) is 0. The van der Waals surface area contributed by atoms with Crippen LogP contribution in [-0.4, -0.2) is 9.67 Å². The molecule has 1 N–H and O–H groups in total. The maximum atomic E-state index is 12.4. The minimum atomic E-state index is -0.531. The van der Waals surface area contributed by atoms with Crippen LogP contribution in [0, 0.1) is 24.8 Å². The Kier molecular flexibility index (Phi) is 5.31. The summed E-state index contributed by atoms with van der Waals surface area (Å²) in [6.45, 7) is 12.5. The lowest BCUT2D eigenvalue weighted by atomic mass is 10.1. The quantitative estimate of drug-likeness (QED) is 0.649. The summed E-state index contributed by atoms with van der Waals surface area (Å²) in [6.07, 6.45) is 0.611. The van der Waals surface area contributed by atoms with E-state index in [1.54, 1.807) is 38.1 Å². The van der Waals surface area contributed by atoms with Crippen LogP contribution in [0.15, 0.2) is 39.3 Å². The van der Waals surface area contributed by atoms with Crippen molar-refractivity contribution in [1.82, 2.24) is 4.57 Å². The number of hydrogen-bond donors (Lipinski definition) is 1. The zero-order chi connectivity index (χ0) is 18.6. The van der Waals surface area contributed by atoms with E-state index in [0.29, 0.717) is 17.7 Å². The number of nitrogens with zero attached hydrogens (tertiary/aromatic N) is 5. The highest BCUT2D eigenvalue weighted by Crippen LogP contribution is 2.36. The largest absolute Gasteiger partial charge is 0.493 e. The van der Waals surface area contributed by atoms with Gasteiger partial charge in [-0.1, -0.05) is 6.92 Å². The average Bonchev–Trinajstić information content (AvgIpc) is 2.62. The molecular formula is C18H17N5O2. The molecule has 1 heterocycles. The summed E-state index contributed by atoms with van der Waals surface area (Å²) in [5.41, 5.74) is 0.760. The fourth-order valence-corrected chi connectivity index (χ4v) is 2.32. The van der Waals surface area contributed by atoms with Crippen molar-refractivity contribution in [1.29, 1.82) is 5.26 Å². The maximum absolute atomic E-state index is 12.4. The molecule has 0 fully saturated rings. The molecule has 1 aromatic heterocycles. The second kappa shape index (κ2) is 7.41. The molecule has 2 aromatic rings. The van der Waals surface area contributed by atoms with Gasteiger partial charge in [0.25, 0.3) is 11.2 Å². The molecule has 0 aliphatic carbocycles. The number of aromatic nitrogens is 1. The van der Waals surface area contributed by atoms with E-state index in [-0.39, 0.29) is 28.9 Å². The van der Waals surface area contributed by atoms with E-state index >= 15 is 0 Å². The molecular weight excluding hydrogens is 318 g/mol. The smallest absolute Gasteiger partial charge is 0.260 e. The van der Waals surface area contributed by atoms with Crippen molar-refractivity contribution in [3.63, 3.8) is 0 Å². The number of nitriles is 1. The van der Waals surface area contributed by atoms with Crippen LogP contribution < -0.4 is 5.56 Å². The molecule has 2 rings (SSSR count). The molecule has 7 nitrogen and oxygen atoms in total.